The van der Waals surface area contributed by atoms with Crippen LogP contribution in [0.4, 0.5) is 5.69 Å². The van der Waals surface area contributed by atoms with E-state index in [4.69, 9.17) is 17.3 Å². The first-order valence-corrected chi connectivity index (χ1v) is 8.48. The van der Waals surface area contributed by atoms with Gasteiger partial charge in [-0.2, -0.15) is 5.10 Å². The lowest BCUT2D eigenvalue weighted by molar-refractivity contribution is 1.12. The summed E-state index contributed by atoms with van der Waals surface area (Å²) in [5, 5.41) is 11.3. The molecule has 0 aliphatic carbocycles. The van der Waals surface area contributed by atoms with Gasteiger partial charge >= 0.3 is 0 Å². The lowest BCUT2D eigenvalue weighted by Gasteiger charge is -2.13. The molecule has 0 saturated carbocycles. The molecular formula is C20H13ClN4O. The Bertz CT molecular complexity index is 1380. The summed E-state index contributed by atoms with van der Waals surface area (Å²) in [7, 11) is 0. The van der Waals surface area contributed by atoms with Gasteiger partial charge in [0.25, 0.3) is 5.56 Å². The number of nitrogens with two attached hydrogens (primary N) is 1. The van der Waals surface area contributed by atoms with Crippen LogP contribution in [0.15, 0.2) is 59.5 Å². The SMILES string of the molecule is Nc1c(-c2ccc(Cl)c3[nH]ncc23)c2ccc3ccccc3c2[nH]c1=O. The van der Waals surface area contributed by atoms with E-state index in [1.165, 1.54) is 0 Å². The summed E-state index contributed by atoms with van der Waals surface area (Å²) in [4.78, 5) is 15.5. The zero-order chi connectivity index (χ0) is 17.8. The number of nitrogen functional groups attached to an aromatic ring is 1. The number of anilines is 1. The average molecular weight is 361 g/mol. The van der Waals surface area contributed by atoms with Gasteiger partial charge in [-0.1, -0.05) is 54.1 Å². The van der Waals surface area contributed by atoms with Crippen molar-refractivity contribution in [3.63, 3.8) is 0 Å². The molecule has 5 aromatic rings. The van der Waals surface area contributed by atoms with Crippen molar-refractivity contribution in [3.05, 3.63) is 70.1 Å². The number of aromatic amines is 2. The second-order valence-electron chi connectivity index (χ2n) is 6.21. The number of fused-ring (bicyclic) bond motifs is 4. The van der Waals surface area contributed by atoms with Gasteiger partial charge in [0, 0.05) is 21.7 Å². The Morgan fingerprint density at radius 1 is 0.923 bits per heavy atom. The summed E-state index contributed by atoms with van der Waals surface area (Å²) >= 11 is 6.25. The standard InChI is InChI=1S/C20H13ClN4O/c21-15-8-7-12(14-9-23-25-19(14)15)16-13-6-5-10-3-1-2-4-11(10)18(13)24-20(26)17(16)22/h1-9H,22H2,(H,23,25)(H,24,26). The van der Waals surface area contributed by atoms with Gasteiger partial charge < -0.3 is 10.7 Å². The predicted molar refractivity (Wildman–Crippen MR) is 107 cm³/mol. The highest BCUT2D eigenvalue weighted by Gasteiger charge is 2.17. The number of H-pyrrole nitrogens is 2. The molecule has 26 heavy (non-hydrogen) atoms. The third kappa shape index (κ3) is 1.98. The number of nitrogens with zero attached hydrogens (tertiary/aromatic N) is 1. The number of hydrogen-bond acceptors (Lipinski definition) is 3. The Hall–Kier alpha value is -3.31. The van der Waals surface area contributed by atoms with Crippen molar-refractivity contribution in [3.8, 4) is 11.1 Å². The number of benzene rings is 3. The van der Waals surface area contributed by atoms with Gasteiger partial charge in [-0.15, -0.1) is 0 Å². The highest BCUT2D eigenvalue weighted by atomic mass is 35.5. The van der Waals surface area contributed by atoms with Crippen LogP contribution in [0.3, 0.4) is 0 Å². The number of halogens is 1. The highest BCUT2D eigenvalue weighted by molar-refractivity contribution is 6.35. The zero-order valence-electron chi connectivity index (χ0n) is 13.5. The summed E-state index contributed by atoms with van der Waals surface area (Å²) in [6.45, 7) is 0. The molecule has 0 bridgehead atoms. The van der Waals surface area contributed by atoms with Crippen LogP contribution in [-0.4, -0.2) is 15.2 Å². The third-order valence-electron chi connectivity index (χ3n) is 4.78. The quantitative estimate of drug-likeness (QED) is 0.386. The van der Waals surface area contributed by atoms with Crippen LogP contribution in [0, 0.1) is 0 Å². The van der Waals surface area contributed by atoms with Crippen LogP contribution in [0.25, 0.3) is 43.7 Å². The summed E-state index contributed by atoms with van der Waals surface area (Å²) < 4.78 is 0. The van der Waals surface area contributed by atoms with Gasteiger partial charge in [-0.3, -0.25) is 9.89 Å². The van der Waals surface area contributed by atoms with E-state index in [2.05, 4.69) is 15.2 Å². The summed E-state index contributed by atoms with van der Waals surface area (Å²) in [6, 6.07) is 15.6. The molecule has 2 heterocycles. The van der Waals surface area contributed by atoms with Gasteiger partial charge in [0.2, 0.25) is 0 Å². The molecule has 4 N–H and O–H groups in total. The molecule has 3 aromatic carbocycles. The van der Waals surface area contributed by atoms with E-state index in [1.807, 2.05) is 42.5 Å². The Balaban J connectivity index is 2.01. The summed E-state index contributed by atoms with van der Waals surface area (Å²) in [6.07, 6.45) is 1.70. The van der Waals surface area contributed by atoms with Crippen LogP contribution in [-0.2, 0) is 0 Å². The molecule has 2 aromatic heterocycles. The summed E-state index contributed by atoms with van der Waals surface area (Å²) in [5.41, 5.74) is 9.09. The first-order chi connectivity index (χ1) is 12.6. The largest absolute Gasteiger partial charge is 0.394 e. The van der Waals surface area contributed by atoms with Crippen molar-refractivity contribution in [1.29, 1.82) is 0 Å². The lowest BCUT2D eigenvalue weighted by Crippen LogP contribution is -2.13. The van der Waals surface area contributed by atoms with E-state index in [-0.39, 0.29) is 11.2 Å². The van der Waals surface area contributed by atoms with Crippen molar-refractivity contribution in [2.75, 3.05) is 5.73 Å². The van der Waals surface area contributed by atoms with E-state index >= 15 is 0 Å². The molecule has 6 heteroatoms. The molecule has 0 fully saturated rings. The lowest BCUT2D eigenvalue weighted by atomic mass is 9.95. The van der Waals surface area contributed by atoms with Gasteiger partial charge in [0.1, 0.15) is 5.69 Å². The van der Waals surface area contributed by atoms with Crippen LogP contribution < -0.4 is 11.3 Å². The maximum absolute atomic E-state index is 12.6. The van der Waals surface area contributed by atoms with E-state index < -0.39 is 0 Å². The number of nitrogens with one attached hydrogen (secondary N) is 2. The van der Waals surface area contributed by atoms with E-state index in [0.29, 0.717) is 10.6 Å². The maximum atomic E-state index is 12.6. The average Bonchev–Trinajstić information content (AvgIpc) is 3.15. The molecule has 0 saturated heterocycles. The predicted octanol–water partition coefficient (Wildman–Crippen LogP) is 4.46. The molecule has 0 amide bonds. The van der Waals surface area contributed by atoms with Crippen molar-refractivity contribution in [2.45, 2.75) is 0 Å². The van der Waals surface area contributed by atoms with Crippen LogP contribution in [0.1, 0.15) is 0 Å². The molecule has 0 radical (unpaired) electrons. The fourth-order valence-corrected chi connectivity index (χ4v) is 3.77. The first-order valence-electron chi connectivity index (χ1n) is 8.10. The van der Waals surface area contributed by atoms with Gasteiger partial charge in [-0.25, -0.2) is 0 Å². The Kier molecular flexibility index (Phi) is 3.08. The molecule has 0 spiro atoms. The Morgan fingerprint density at radius 3 is 2.65 bits per heavy atom. The minimum atomic E-state index is -0.310. The molecule has 5 rings (SSSR count). The second-order valence-corrected chi connectivity index (χ2v) is 6.61. The summed E-state index contributed by atoms with van der Waals surface area (Å²) in [5.74, 6) is 0. The zero-order valence-corrected chi connectivity index (χ0v) is 14.3. The van der Waals surface area contributed by atoms with E-state index in [1.54, 1.807) is 12.3 Å². The molecule has 0 aliphatic rings. The molecule has 126 valence electrons. The molecule has 0 atom stereocenters. The number of aromatic nitrogens is 3. The Labute approximate surface area is 152 Å². The normalized spacial score (nSPS) is 11.6. The van der Waals surface area contributed by atoms with Crippen molar-refractivity contribution >= 4 is 49.9 Å². The number of pyridine rings is 1. The van der Waals surface area contributed by atoms with Gasteiger partial charge in [-0.05, 0) is 17.0 Å². The second kappa shape index (κ2) is 5.34. The minimum Gasteiger partial charge on any atom is -0.394 e. The molecular weight excluding hydrogens is 348 g/mol. The van der Waals surface area contributed by atoms with Crippen LogP contribution in [0.5, 0.6) is 0 Å². The van der Waals surface area contributed by atoms with E-state index in [0.717, 1.165) is 38.1 Å². The maximum Gasteiger partial charge on any atom is 0.272 e. The fraction of sp³-hybridized carbons (Fsp3) is 0. The minimum absolute atomic E-state index is 0.178. The van der Waals surface area contributed by atoms with Crippen LogP contribution >= 0.6 is 11.6 Å². The van der Waals surface area contributed by atoms with E-state index in [9.17, 15) is 4.79 Å². The topological polar surface area (TPSA) is 87.6 Å². The van der Waals surface area contributed by atoms with Crippen molar-refractivity contribution in [1.82, 2.24) is 15.2 Å². The van der Waals surface area contributed by atoms with Gasteiger partial charge in [0.05, 0.1) is 22.3 Å². The fourth-order valence-electron chi connectivity index (χ4n) is 3.56. The highest BCUT2D eigenvalue weighted by Crippen LogP contribution is 2.38. The molecule has 5 nitrogen and oxygen atoms in total. The first kappa shape index (κ1) is 15.0. The molecule has 0 unspecified atom stereocenters. The van der Waals surface area contributed by atoms with Gasteiger partial charge in [0.15, 0.2) is 0 Å². The van der Waals surface area contributed by atoms with Crippen molar-refractivity contribution in [2.24, 2.45) is 0 Å². The number of rotatable bonds is 1. The van der Waals surface area contributed by atoms with Crippen LogP contribution in [0.2, 0.25) is 5.02 Å². The van der Waals surface area contributed by atoms with Crippen molar-refractivity contribution < 1.29 is 0 Å². The third-order valence-corrected chi connectivity index (χ3v) is 5.10. The smallest absolute Gasteiger partial charge is 0.272 e. The monoisotopic (exact) mass is 360 g/mol. The molecule has 0 aliphatic heterocycles. The Morgan fingerprint density at radius 2 is 1.77 bits per heavy atom. The number of hydrogen-bond donors (Lipinski definition) is 3.